The van der Waals surface area contributed by atoms with Crippen LogP contribution in [0.25, 0.3) is 21.8 Å². The van der Waals surface area contributed by atoms with Crippen LogP contribution in [-0.2, 0) is 12.6 Å². The fourth-order valence-corrected chi connectivity index (χ4v) is 4.01. The van der Waals surface area contributed by atoms with Gasteiger partial charge in [0, 0.05) is 44.0 Å². The molecule has 7 nitrogen and oxygen atoms in total. The van der Waals surface area contributed by atoms with Gasteiger partial charge in [0.15, 0.2) is 0 Å². The van der Waals surface area contributed by atoms with Crippen molar-refractivity contribution in [1.82, 2.24) is 19.5 Å². The summed E-state index contributed by atoms with van der Waals surface area (Å²) >= 11 is 0. The van der Waals surface area contributed by atoms with Gasteiger partial charge in [-0.25, -0.2) is 9.97 Å². The predicted molar refractivity (Wildman–Crippen MR) is 134 cm³/mol. The minimum atomic E-state index is -4.49. The second kappa shape index (κ2) is 9.53. The first-order valence-corrected chi connectivity index (χ1v) is 11.5. The molecular formula is C27H22F3N5O2. The van der Waals surface area contributed by atoms with Crippen LogP contribution in [0.15, 0.2) is 73.3 Å². The zero-order chi connectivity index (χ0) is 26.2. The zero-order valence-corrected chi connectivity index (χ0v) is 20.0. The van der Waals surface area contributed by atoms with E-state index < -0.39 is 11.9 Å². The van der Waals surface area contributed by atoms with Gasteiger partial charge in [-0.05, 0) is 60.5 Å². The first-order chi connectivity index (χ1) is 17.7. The van der Waals surface area contributed by atoms with E-state index in [1.807, 2.05) is 43.3 Å². The van der Waals surface area contributed by atoms with Crippen LogP contribution in [0.1, 0.15) is 22.5 Å². The third-order valence-corrected chi connectivity index (χ3v) is 5.99. The molecule has 3 aromatic heterocycles. The molecule has 0 amide bonds. The van der Waals surface area contributed by atoms with Crippen LogP contribution in [0, 0.1) is 0 Å². The predicted octanol–water partition coefficient (Wildman–Crippen LogP) is 6.13. The molecule has 0 saturated carbocycles. The fraction of sp³-hybridized carbons (Fsp3) is 0.185. The van der Waals surface area contributed by atoms with E-state index in [1.165, 1.54) is 17.0 Å². The van der Waals surface area contributed by atoms with Crippen LogP contribution < -0.4 is 9.64 Å². The second-order valence-corrected chi connectivity index (χ2v) is 8.73. The van der Waals surface area contributed by atoms with Crippen molar-refractivity contribution in [3.8, 4) is 11.6 Å². The number of nitrogens with zero attached hydrogens (tertiary/aromatic N) is 5. The topological polar surface area (TPSA) is 73.1 Å². The molecular weight excluding hydrogens is 483 g/mol. The fourth-order valence-electron chi connectivity index (χ4n) is 4.01. The summed E-state index contributed by atoms with van der Waals surface area (Å²) < 4.78 is 45.7. The Morgan fingerprint density at radius 1 is 1.00 bits per heavy atom. The Kier molecular flexibility index (Phi) is 6.24. The summed E-state index contributed by atoms with van der Waals surface area (Å²) in [5.74, 6) is 0.808. The number of benzene rings is 2. The maximum Gasteiger partial charge on any atom is 0.433 e. The normalized spacial score (nSPS) is 11.7. The van der Waals surface area contributed by atoms with Gasteiger partial charge in [-0.1, -0.05) is 6.07 Å². The van der Waals surface area contributed by atoms with Gasteiger partial charge in [0.05, 0.1) is 16.4 Å². The van der Waals surface area contributed by atoms with Crippen molar-refractivity contribution < 1.29 is 22.7 Å². The van der Waals surface area contributed by atoms with Gasteiger partial charge in [-0.15, -0.1) is 0 Å². The highest BCUT2D eigenvalue weighted by Gasteiger charge is 2.32. The molecule has 0 unspecified atom stereocenters. The molecule has 0 spiro atoms. The van der Waals surface area contributed by atoms with Crippen LogP contribution in [0.3, 0.4) is 0 Å². The SMILES string of the molecule is CN(C)c1ccc2c(Oc3ccc4c(ccn4C(=O)CCc4ccc(C(F)(F)F)nc4)c3)ncnc2c1. The van der Waals surface area contributed by atoms with Gasteiger partial charge in [-0.3, -0.25) is 14.3 Å². The van der Waals surface area contributed by atoms with Crippen molar-refractivity contribution in [3.63, 3.8) is 0 Å². The number of halogens is 3. The molecule has 0 bridgehead atoms. The number of pyridine rings is 1. The Hall–Kier alpha value is -4.47. The van der Waals surface area contributed by atoms with Crippen LogP contribution in [0.4, 0.5) is 18.9 Å². The molecule has 0 aliphatic carbocycles. The largest absolute Gasteiger partial charge is 0.438 e. The third kappa shape index (κ3) is 5.09. The standard InChI is InChI=1S/C27H22F3N5O2/c1-34(2)19-5-7-21-22(14-19)32-16-33-26(21)37-20-6-8-23-18(13-20)11-12-35(23)25(36)10-4-17-3-9-24(31-15-17)27(28,29)30/h3,5-9,11-16H,4,10H2,1-2H3. The smallest absolute Gasteiger partial charge is 0.433 e. The molecule has 5 rings (SSSR count). The van der Waals surface area contributed by atoms with E-state index in [2.05, 4.69) is 15.0 Å². The summed E-state index contributed by atoms with van der Waals surface area (Å²) in [6, 6.07) is 15.3. The maximum atomic E-state index is 12.8. The number of aromatic nitrogens is 4. The van der Waals surface area contributed by atoms with Gasteiger partial charge in [0.25, 0.3) is 0 Å². The van der Waals surface area contributed by atoms with E-state index in [1.54, 1.807) is 24.4 Å². The average Bonchev–Trinajstić information content (AvgIpc) is 3.30. The lowest BCUT2D eigenvalue weighted by Crippen LogP contribution is -2.11. The molecule has 0 saturated heterocycles. The highest BCUT2D eigenvalue weighted by Crippen LogP contribution is 2.31. The number of rotatable bonds is 6. The van der Waals surface area contributed by atoms with E-state index in [0.29, 0.717) is 22.7 Å². The molecule has 0 N–H and O–H groups in total. The second-order valence-electron chi connectivity index (χ2n) is 8.73. The van der Waals surface area contributed by atoms with Crippen molar-refractivity contribution in [2.45, 2.75) is 19.0 Å². The van der Waals surface area contributed by atoms with Crippen LogP contribution in [0.5, 0.6) is 11.6 Å². The van der Waals surface area contributed by atoms with E-state index in [4.69, 9.17) is 4.74 Å². The first-order valence-electron chi connectivity index (χ1n) is 11.5. The zero-order valence-electron chi connectivity index (χ0n) is 20.0. The van der Waals surface area contributed by atoms with Crippen molar-refractivity contribution >= 4 is 33.4 Å². The number of carbonyl (C=O) groups is 1. The number of hydrogen-bond donors (Lipinski definition) is 0. The quantitative estimate of drug-likeness (QED) is 0.276. The highest BCUT2D eigenvalue weighted by atomic mass is 19.4. The average molecular weight is 506 g/mol. The molecule has 5 aromatic rings. The monoisotopic (exact) mass is 505 g/mol. The van der Waals surface area contributed by atoms with Crippen LogP contribution in [0.2, 0.25) is 0 Å². The number of carbonyl (C=O) groups excluding carboxylic acids is 1. The Labute approximate surface area is 210 Å². The summed E-state index contributed by atoms with van der Waals surface area (Å²) in [6.45, 7) is 0. The lowest BCUT2D eigenvalue weighted by molar-refractivity contribution is -0.141. The molecule has 10 heteroatoms. The lowest BCUT2D eigenvalue weighted by atomic mass is 10.1. The highest BCUT2D eigenvalue weighted by molar-refractivity contribution is 5.93. The number of fused-ring (bicyclic) bond motifs is 2. The molecule has 0 radical (unpaired) electrons. The molecule has 2 aromatic carbocycles. The van der Waals surface area contributed by atoms with E-state index in [0.717, 1.165) is 34.2 Å². The number of aryl methyl sites for hydroxylation is 1. The van der Waals surface area contributed by atoms with E-state index >= 15 is 0 Å². The van der Waals surface area contributed by atoms with Crippen LogP contribution in [-0.4, -0.2) is 39.5 Å². The Morgan fingerprint density at radius 2 is 1.84 bits per heavy atom. The third-order valence-electron chi connectivity index (χ3n) is 5.99. The summed E-state index contributed by atoms with van der Waals surface area (Å²) in [4.78, 5) is 26.9. The number of ether oxygens (including phenoxy) is 1. The summed E-state index contributed by atoms with van der Waals surface area (Å²) in [5.41, 5.74) is 2.08. The molecule has 37 heavy (non-hydrogen) atoms. The van der Waals surface area contributed by atoms with Crippen molar-refractivity contribution in [3.05, 3.63) is 84.6 Å². The minimum Gasteiger partial charge on any atom is -0.438 e. The van der Waals surface area contributed by atoms with E-state index in [-0.39, 0.29) is 18.7 Å². The van der Waals surface area contributed by atoms with E-state index in [9.17, 15) is 18.0 Å². The van der Waals surface area contributed by atoms with Crippen molar-refractivity contribution in [1.29, 1.82) is 0 Å². The van der Waals surface area contributed by atoms with Crippen LogP contribution >= 0.6 is 0 Å². The Balaban J connectivity index is 1.31. The molecule has 0 aliphatic heterocycles. The minimum absolute atomic E-state index is 0.122. The molecule has 0 fully saturated rings. The Bertz CT molecular complexity index is 1590. The summed E-state index contributed by atoms with van der Waals surface area (Å²) in [7, 11) is 3.91. The Morgan fingerprint density at radius 3 is 2.57 bits per heavy atom. The van der Waals surface area contributed by atoms with Crippen molar-refractivity contribution in [2.75, 3.05) is 19.0 Å². The van der Waals surface area contributed by atoms with Gasteiger partial charge in [0.1, 0.15) is 17.8 Å². The van der Waals surface area contributed by atoms with Gasteiger partial charge in [-0.2, -0.15) is 13.2 Å². The van der Waals surface area contributed by atoms with Gasteiger partial charge >= 0.3 is 6.18 Å². The summed E-state index contributed by atoms with van der Waals surface area (Å²) in [5, 5.41) is 1.58. The van der Waals surface area contributed by atoms with Gasteiger partial charge in [0.2, 0.25) is 11.8 Å². The first kappa shape index (κ1) is 24.2. The molecule has 0 atom stereocenters. The molecule has 188 valence electrons. The number of anilines is 1. The molecule has 0 aliphatic rings. The van der Waals surface area contributed by atoms with Crippen molar-refractivity contribution in [2.24, 2.45) is 0 Å². The molecule has 3 heterocycles. The number of alkyl halides is 3. The number of hydrogen-bond acceptors (Lipinski definition) is 6. The van der Waals surface area contributed by atoms with Gasteiger partial charge < -0.3 is 9.64 Å². The lowest BCUT2D eigenvalue weighted by Gasteiger charge is -2.13. The summed E-state index contributed by atoms with van der Waals surface area (Å²) in [6.07, 6.45) is 0.197. The maximum absolute atomic E-state index is 12.8.